The molecule has 1 aromatic heterocycles. The summed E-state index contributed by atoms with van der Waals surface area (Å²) in [6.45, 7) is 4.00. The van der Waals surface area contributed by atoms with Crippen molar-refractivity contribution in [2.45, 2.75) is 33.1 Å². The zero-order valence-electron chi connectivity index (χ0n) is 10.0. The molecular formula is C11H16N3O3-. The van der Waals surface area contributed by atoms with E-state index in [1.165, 1.54) is 12.1 Å². The van der Waals surface area contributed by atoms with Crippen LogP contribution in [0.5, 0.6) is 0 Å². The molecule has 17 heavy (non-hydrogen) atoms. The normalized spacial score (nSPS) is 10.3. The van der Waals surface area contributed by atoms with Crippen LogP contribution < -0.4 is 5.06 Å². The van der Waals surface area contributed by atoms with Crippen LogP contribution in [0.15, 0.2) is 12.1 Å². The van der Waals surface area contributed by atoms with E-state index in [4.69, 9.17) is 0 Å². The van der Waals surface area contributed by atoms with E-state index in [9.17, 15) is 15.3 Å². The first-order chi connectivity index (χ1) is 8.04. The highest BCUT2D eigenvalue weighted by molar-refractivity contribution is 5.48. The van der Waals surface area contributed by atoms with E-state index >= 15 is 0 Å². The molecular weight excluding hydrogens is 222 g/mol. The van der Waals surface area contributed by atoms with Gasteiger partial charge in [0.05, 0.1) is 11.0 Å². The highest BCUT2D eigenvalue weighted by Crippen LogP contribution is 2.20. The maximum absolute atomic E-state index is 11.7. The van der Waals surface area contributed by atoms with Crippen LogP contribution in [0.25, 0.3) is 0 Å². The molecule has 94 valence electrons. The zero-order valence-corrected chi connectivity index (χ0v) is 10.0. The lowest BCUT2D eigenvalue weighted by atomic mass is 10.2. The second-order valence-electron chi connectivity index (χ2n) is 3.89. The monoisotopic (exact) mass is 238 g/mol. The average Bonchev–Trinajstić information content (AvgIpc) is 2.28. The minimum absolute atomic E-state index is 0.0937. The Kier molecular flexibility index (Phi) is 4.84. The Morgan fingerprint density at radius 2 is 2.12 bits per heavy atom. The Balaban J connectivity index is 2.78. The second kappa shape index (κ2) is 6.15. The van der Waals surface area contributed by atoms with Gasteiger partial charge in [-0.15, -0.1) is 0 Å². The van der Waals surface area contributed by atoms with Gasteiger partial charge in [-0.1, -0.05) is 19.8 Å². The van der Waals surface area contributed by atoms with Crippen molar-refractivity contribution < 1.29 is 4.92 Å². The molecule has 0 bridgehead atoms. The lowest BCUT2D eigenvalue weighted by Crippen LogP contribution is -2.18. The van der Waals surface area contributed by atoms with E-state index in [1.807, 2.05) is 6.92 Å². The number of nitrogens with zero attached hydrogens (tertiary/aromatic N) is 3. The first-order valence-electron chi connectivity index (χ1n) is 5.62. The molecule has 0 fully saturated rings. The van der Waals surface area contributed by atoms with Crippen molar-refractivity contribution >= 4 is 11.5 Å². The number of hydrogen-bond acceptors (Lipinski definition) is 5. The van der Waals surface area contributed by atoms with Crippen molar-refractivity contribution in [2.75, 3.05) is 11.6 Å². The number of pyridine rings is 1. The quantitative estimate of drug-likeness (QED) is 0.432. The summed E-state index contributed by atoms with van der Waals surface area (Å²) in [6, 6.07) is 2.56. The molecule has 0 unspecified atom stereocenters. The third-order valence-corrected chi connectivity index (χ3v) is 2.36. The summed E-state index contributed by atoms with van der Waals surface area (Å²) in [5.41, 5.74) is 0.384. The molecule has 0 radical (unpaired) electrons. The van der Waals surface area contributed by atoms with Gasteiger partial charge in [-0.25, -0.2) is 4.98 Å². The van der Waals surface area contributed by atoms with E-state index in [1.54, 1.807) is 6.92 Å². The van der Waals surface area contributed by atoms with Crippen molar-refractivity contribution in [1.29, 1.82) is 0 Å². The van der Waals surface area contributed by atoms with E-state index in [0.717, 1.165) is 24.3 Å². The van der Waals surface area contributed by atoms with Crippen LogP contribution in [-0.4, -0.2) is 16.5 Å². The molecule has 0 spiro atoms. The molecule has 0 saturated heterocycles. The molecule has 0 atom stereocenters. The summed E-state index contributed by atoms with van der Waals surface area (Å²) < 4.78 is 0. The summed E-state index contributed by atoms with van der Waals surface area (Å²) in [4.78, 5) is 14.1. The molecule has 1 rings (SSSR count). The fourth-order valence-corrected chi connectivity index (χ4v) is 1.49. The Labute approximate surface area is 100 Å². The predicted molar refractivity (Wildman–Crippen MR) is 65.9 cm³/mol. The lowest BCUT2D eigenvalue weighted by molar-refractivity contribution is -0.384. The van der Waals surface area contributed by atoms with Crippen LogP contribution in [0.3, 0.4) is 0 Å². The van der Waals surface area contributed by atoms with Crippen LogP contribution in [-0.2, 0) is 0 Å². The van der Waals surface area contributed by atoms with Gasteiger partial charge in [-0.3, -0.25) is 10.1 Å². The third-order valence-electron chi connectivity index (χ3n) is 2.36. The molecule has 0 amide bonds. The van der Waals surface area contributed by atoms with Gasteiger partial charge >= 0.3 is 0 Å². The minimum Gasteiger partial charge on any atom is -0.757 e. The maximum Gasteiger partial charge on any atom is 0.274 e. The number of aromatic nitrogens is 1. The maximum atomic E-state index is 11.7. The summed E-state index contributed by atoms with van der Waals surface area (Å²) in [6.07, 6.45) is 2.76. The van der Waals surface area contributed by atoms with Gasteiger partial charge in [0.25, 0.3) is 5.69 Å². The lowest BCUT2D eigenvalue weighted by Gasteiger charge is -2.29. The molecule has 6 nitrogen and oxygen atoms in total. The molecule has 1 aromatic rings. The van der Waals surface area contributed by atoms with Crippen molar-refractivity contribution in [2.24, 2.45) is 0 Å². The number of nitro groups is 1. The van der Waals surface area contributed by atoms with Crippen LogP contribution >= 0.6 is 0 Å². The molecule has 0 aliphatic heterocycles. The summed E-state index contributed by atoms with van der Waals surface area (Å²) in [5.74, 6) is 0.118. The molecule has 0 N–H and O–H groups in total. The van der Waals surface area contributed by atoms with E-state index in [2.05, 4.69) is 4.98 Å². The van der Waals surface area contributed by atoms with E-state index in [0.29, 0.717) is 12.2 Å². The Morgan fingerprint density at radius 1 is 1.41 bits per heavy atom. The topological polar surface area (TPSA) is 82.3 Å². The fraction of sp³-hybridized carbons (Fsp3) is 0.545. The molecule has 1 heterocycles. The van der Waals surface area contributed by atoms with Crippen molar-refractivity contribution in [3.63, 3.8) is 0 Å². The highest BCUT2D eigenvalue weighted by Gasteiger charge is 2.09. The number of aryl methyl sites for hydroxylation is 1. The van der Waals surface area contributed by atoms with Gasteiger partial charge in [0.15, 0.2) is 0 Å². The number of anilines is 1. The predicted octanol–water partition coefficient (Wildman–Crippen LogP) is 2.79. The number of unbranched alkanes of at least 4 members (excludes halogenated alkanes) is 2. The Hall–Kier alpha value is -1.69. The number of rotatable bonds is 6. The summed E-state index contributed by atoms with van der Waals surface area (Å²) in [5, 5.41) is 23.0. The largest absolute Gasteiger partial charge is 0.757 e. The molecule has 0 aliphatic rings. The first kappa shape index (κ1) is 13.4. The van der Waals surface area contributed by atoms with Gasteiger partial charge in [0.1, 0.15) is 5.82 Å². The van der Waals surface area contributed by atoms with Crippen molar-refractivity contribution in [3.05, 3.63) is 33.1 Å². The van der Waals surface area contributed by atoms with Crippen LogP contribution in [0.2, 0.25) is 0 Å². The van der Waals surface area contributed by atoms with Gasteiger partial charge < -0.3 is 10.3 Å². The molecule has 6 heteroatoms. The van der Waals surface area contributed by atoms with E-state index < -0.39 is 4.92 Å². The standard InChI is InChI=1S/C11H16N3O3/c1-3-4-5-6-13(15)11-8-10(14(16)17)7-9(2)12-11/h7-8H,3-6H2,1-2H3/q-1. The van der Waals surface area contributed by atoms with Gasteiger partial charge in [-0.05, 0) is 13.3 Å². The van der Waals surface area contributed by atoms with Crippen LogP contribution in [0.1, 0.15) is 31.9 Å². The van der Waals surface area contributed by atoms with Gasteiger partial charge in [0.2, 0.25) is 0 Å². The first-order valence-corrected chi connectivity index (χ1v) is 5.62. The zero-order chi connectivity index (χ0) is 12.8. The molecule has 0 saturated carbocycles. The average molecular weight is 238 g/mol. The smallest absolute Gasteiger partial charge is 0.274 e. The fourth-order valence-electron chi connectivity index (χ4n) is 1.49. The highest BCUT2D eigenvalue weighted by atomic mass is 16.6. The molecule has 0 aromatic carbocycles. The van der Waals surface area contributed by atoms with Crippen molar-refractivity contribution in [1.82, 2.24) is 4.98 Å². The number of hydrogen-bond donors (Lipinski definition) is 0. The SMILES string of the molecule is CCCCCN([O-])c1cc([N+](=O)[O-])cc(C)n1. The van der Waals surface area contributed by atoms with Crippen LogP contribution in [0, 0.1) is 22.2 Å². The van der Waals surface area contributed by atoms with Crippen LogP contribution in [0.4, 0.5) is 11.5 Å². The Bertz CT molecular complexity index is 396. The summed E-state index contributed by atoms with van der Waals surface area (Å²) >= 11 is 0. The third kappa shape index (κ3) is 3.99. The Morgan fingerprint density at radius 3 is 2.71 bits per heavy atom. The summed E-state index contributed by atoms with van der Waals surface area (Å²) in [7, 11) is 0. The van der Waals surface area contributed by atoms with E-state index in [-0.39, 0.29) is 11.5 Å². The van der Waals surface area contributed by atoms with Gasteiger partial charge in [0, 0.05) is 18.3 Å². The van der Waals surface area contributed by atoms with Gasteiger partial charge in [-0.2, -0.15) is 0 Å². The minimum atomic E-state index is -0.516. The number of hydroxylamine groups is 1. The second-order valence-corrected chi connectivity index (χ2v) is 3.89. The molecule has 0 aliphatic carbocycles. The van der Waals surface area contributed by atoms with Crippen molar-refractivity contribution in [3.8, 4) is 0 Å².